The molecule has 0 bridgehead atoms. The quantitative estimate of drug-likeness (QED) is 0.878. The molecule has 1 amide bonds. The first kappa shape index (κ1) is 13.0. The van der Waals surface area contributed by atoms with E-state index in [0.717, 1.165) is 10.2 Å². The fraction of sp³-hybridized carbons (Fsp3) is 0.167. The van der Waals surface area contributed by atoms with Crippen molar-refractivity contribution in [2.24, 2.45) is 0 Å². The number of rotatable bonds is 3. The summed E-state index contributed by atoms with van der Waals surface area (Å²) in [4.78, 5) is 16.7. The van der Waals surface area contributed by atoms with E-state index in [1.165, 1.54) is 11.3 Å². The summed E-state index contributed by atoms with van der Waals surface area (Å²) in [6.45, 7) is 1.92. The number of thiophene rings is 1. The van der Waals surface area contributed by atoms with Gasteiger partial charge in [-0.1, -0.05) is 0 Å². The summed E-state index contributed by atoms with van der Waals surface area (Å²) >= 11 is 4.66. The maximum absolute atomic E-state index is 12.0. The van der Waals surface area contributed by atoms with Gasteiger partial charge in [-0.25, -0.2) is 4.98 Å². The van der Waals surface area contributed by atoms with Crippen molar-refractivity contribution >= 4 is 38.9 Å². The van der Waals surface area contributed by atoms with E-state index in [4.69, 9.17) is 4.74 Å². The number of hydrogen-bond acceptors (Lipinski definition) is 4. The lowest BCUT2D eigenvalue weighted by atomic mass is 10.3. The molecule has 2 rings (SSSR count). The zero-order valence-corrected chi connectivity index (χ0v) is 12.3. The predicted molar refractivity (Wildman–Crippen MR) is 75.5 cm³/mol. The lowest BCUT2D eigenvalue weighted by molar-refractivity contribution is 0.102. The van der Waals surface area contributed by atoms with Gasteiger partial charge in [-0.15, -0.1) is 11.3 Å². The summed E-state index contributed by atoms with van der Waals surface area (Å²) in [5.74, 6) is 0.393. The fourth-order valence-electron chi connectivity index (χ4n) is 1.44. The maximum Gasteiger partial charge on any atom is 0.269 e. The second-order valence-corrected chi connectivity index (χ2v) is 5.27. The Morgan fingerprint density at radius 1 is 1.56 bits per heavy atom. The van der Waals surface area contributed by atoms with Gasteiger partial charge < -0.3 is 10.1 Å². The number of pyridine rings is 1. The number of methoxy groups -OCH3 is 1. The number of carbonyl (C=O) groups excluding carboxylic acids is 1. The number of carbonyl (C=O) groups is 1. The van der Waals surface area contributed by atoms with Crippen molar-refractivity contribution in [3.63, 3.8) is 0 Å². The van der Waals surface area contributed by atoms with Crippen molar-refractivity contribution in [2.45, 2.75) is 6.92 Å². The molecule has 0 unspecified atom stereocenters. The molecule has 0 aliphatic heterocycles. The molecule has 6 heteroatoms. The highest BCUT2D eigenvalue weighted by Crippen LogP contribution is 2.25. The molecule has 4 nitrogen and oxygen atoms in total. The number of halogens is 1. The summed E-state index contributed by atoms with van der Waals surface area (Å²) in [6.07, 6.45) is 1.61. The summed E-state index contributed by atoms with van der Waals surface area (Å²) in [6, 6.07) is 3.62. The topological polar surface area (TPSA) is 51.2 Å². The largest absolute Gasteiger partial charge is 0.495 e. The fourth-order valence-corrected chi connectivity index (χ4v) is 2.41. The molecule has 0 saturated carbocycles. The molecule has 18 heavy (non-hydrogen) atoms. The number of aromatic nitrogens is 1. The van der Waals surface area contributed by atoms with Gasteiger partial charge >= 0.3 is 0 Å². The minimum atomic E-state index is -0.189. The van der Waals surface area contributed by atoms with Gasteiger partial charge in [0, 0.05) is 0 Å². The summed E-state index contributed by atoms with van der Waals surface area (Å²) in [7, 11) is 1.55. The third-order valence-corrected chi connectivity index (χ3v) is 4.05. The molecule has 0 aliphatic carbocycles. The van der Waals surface area contributed by atoms with Crippen LogP contribution in [0.5, 0.6) is 5.75 Å². The number of amides is 1. The van der Waals surface area contributed by atoms with Crippen LogP contribution in [0.3, 0.4) is 0 Å². The third-order valence-electron chi connectivity index (χ3n) is 2.33. The van der Waals surface area contributed by atoms with E-state index in [9.17, 15) is 4.79 Å². The van der Waals surface area contributed by atoms with Gasteiger partial charge in [-0.3, -0.25) is 4.79 Å². The average Bonchev–Trinajstić information content (AvgIpc) is 2.82. The zero-order chi connectivity index (χ0) is 13.1. The molecule has 2 aromatic heterocycles. The lowest BCUT2D eigenvalue weighted by Crippen LogP contribution is -2.11. The first-order valence-electron chi connectivity index (χ1n) is 5.17. The van der Waals surface area contributed by atoms with Gasteiger partial charge in [0.15, 0.2) is 0 Å². The van der Waals surface area contributed by atoms with Gasteiger partial charge in [-0.05, 0) is 45.9 Å². The molecule has 0 aliphatic rings. The molecule has 0 saturated heterocycles. The van der Waals surface area contributed by atoms with E-state index < -0.39 is 0 Å². The summed E-state index contributed by atoms with van der Waals surface area (Å²) < 4.78 is 5.89. The van der Waals surface area contributed by atoms with Crippen LogP contribution in [0.25, 0.3) is 0 Å². The third kappa shape index (κ3) is 2.70. The molecule has 94 valence electrons. The van der Waals surface area contributed by atoms with Gasteiger partial charge in [0.2, 0.25) is 0 Å². The molecule has 0 spiro atoms. The Morgan fingerprint density at radius 3 is 3.00 bits per heavy atom. The van der Waals surface area contributed by atoms with Crippen molar-refractivity contribution < 1.29 is 9.53 Å². The van der Waals surface area contributed by atoms with Crippen LogP contribution in [0.15, 0.2) is 28.3 Å². The molecule has 0 radical (unpaired) electrons. The molecule has 1 N–H and O–H groups in total. The Hall–Kier alpha value is -1.40. The summed E-state index contributed by atoms with van der Waals surface area (Å²) in [5, 5.41) is 4.61. The van der Waals surface area contributed by atoms with Crippen LogP contribution < -0.4 is 10.1 Å². The second kappa shape index (κ2) is 5.49. The molecule has 2 heterocycles. The number of nitrogens with one attached hydrogen (secondary N) is 1. The van der Waals surface area contributed by atoms with E-state index in [0.29, 0.717) is 16.3 Å². The van der Waals surface area contributed by atoms with Crippen molar-refractivity contribution in [2.75, 3.05) is 12.4 Å². The van der Waals surface area contributed by atoms with Gasteiger partial charge in [0.25, 0.3) is 5.91 Å². The van der Waals surface area contributed by atoms with Gasteiger partial charge in [0.1, 0.15) is 15.2 Å². The molecule has 0 aromatic carbocycles. The minimum Gasteiger partial charge on any atom is -0.495 e. The standard InChI is InChI=1S/C12H11BrN2O2S/c1-7-5-8(6-14-11(7)13)15-12(16)10-9(17-2)3-4-18-10/h3-6H,1-2H3,(H,15,16). The Labute approximate surface area is 117 Å². The predicted octanol–water partition coefficient (Wildman–Crippen LogP) is 3.47. The molecular weight excluding hydrogens is 316 g/mol. The lowest BCUT2D eigenvalue weighted by Gasteiger charge is -2.06. The minimum absolute atomic E-state index is 0.189. The molecular formula is C12H11BrN2O2S. The number of aryl methyl sites for hydroxylation is 1. The van der Waals surface area contributed by atoms with Gasteiger partial charge in [-0.2, -0.15) is 0 Å². The Balaban J connectivity index is 2.19. The van der Waals surface area contributed by atoms with Crippen LogP contribution in [0.2, 0.25) is 0 Å². The zero-order valence-electron chi connectivity index (χ0n) is 9.86. The number of hydrogen-bond donors (Lipinski definition) is 1. The smallest absolute Gasteiger partial charge is 0.269 e. The van der Waals surface area contributed by atoms with E-state index in [1.807, 2.05) is 18.4 Å². The van der Waals surface area contributed by atoms with Crippen LogP contribution in [0, 0.1) is 6.92 Å². The van der Waals surface area contributed by atoms with Crippen molar-refractivity contribution in [3.05, 3.63) is 38.8 Å². The van der Waals surface area contributed by atoms with Crippen LogP contribution >= 0.6 is 27.3 Å². The maximum atomic E-state index is 12.0. The number of ether oxygens (including phenoxy) is 1. The van der Waals surface area contributed by atoms with E-state index >= 15 is 0 Å². The van der Waals surface area contributed by atoms with Crippen LogP contribution in [-0.4, -0.2) is 18.0 Å². The highest BCUT2D eigenvalue weighted by atomic mass is 79.9. The SMILES string of the molecule is COc1ccsc1C(=O)Nc1cnc(Br)c(C)c1. The van der Waals surface area contributed by atoms with Crippen molar-refractivity contribution in [1.29, 1.82) is 0 Å². The average molecular weight is 327 g/mol. The van der Waals surface area contributed by atoms with Crippen LogP contribution in [-0.2, 0) is 0 Å². The van der Waals surface area contributed by atoms with Gasteiger partial charge in [0.05, 0.1) is 19.0 Å². The summed E-state index contributed by atoms with van der Waals surface area (Å²) in [5.41, 5.74) is 1.63. The number of nitrogens with zero attached hydrogens (tertiary/aromatic N) is 1. The van der Waals surface area contributed by atoms with Crippen molar-refractivity contribution in [3.8, 4) is 5.75 Å². The van der Waals surface area contributed by atoms with E-state index in [2.05, 4.69) is 26.2 Å². The normalized spacial score (nSPS) is 10.2. The Kier molecular flexibility index (Phi) is 3.98. The molecule has 0 atom stereocenters. The Morgan fingerprint density at radius 2 is 2.33 bits per heavy atom. The molecule has 0 fully saturated rings. The molecule has 2 aromatic rings. The van der Waals surface area contributed by atoms with Crippen LogP contribution in [0.1, 0.15) is 15.2 Å². The second-order valence-electron chi connectivity index (χ2n) is 3.60. The van der Waals surface area contributed by atoms with Crippen LogP contribution in [0.4, 0.5) is 5.69 Å². The van der Waals surface area contributed by atoms with Crippen molar-refractivity contribution in [1.82, 2.24) is 4.98 Å². The Bertz CT molecular complexity index is 583. The first-order valence-corrected chi connectivity index (χ1v) is 6.84. The van der Waals surface area contributed by atoms with E-state index in [1.54, 1.807) is 19.4 Å². The first-order chi connectivity index (χ1) is 8.61. The highest BCUT2D eigenvalue weighted by Gasteiger charge is 2.14. The highest BCUT2D eigenvalue weighted by molar-refractivity contribution is 9.10. The monoisotopic (exact) mass is 326 g/mol. The van der Waals surface area contributed by atoms with E-state index in [-0.39, 0.29) is 5.91 Å². The number of anilines is 1.